The van der Waals surface area contributed by atoms with Crippen LogP contribution in [-0.2, 0) is 0 Å². The number of fused-ring (bicyclic) bond motifs is 5. The van der Waals surface area contributed by atoms with E-state index in [9.17, 15) is 12.3 Å². The van der Waals surface area contributed by atoms with E-state index in [4.69, 9.17) is 26.0 Å². The highest BCUT2D eigenvalue weighted by molar-refractivity contribution is 6.30. The zero-order valence-electron chi connectivity index (χ0n) is 50.0. The largest absolute Gasteiger partial charge is 0.0629 e. The molecular formula is C44H28. The van der Waals surface area contributed by atoms with E-state index in [0.29, 0.717) is 0 Å². The van der Waals surface area contributed by atoms with Gasteiger partial charge in [-0.05, 0) is 87.2 Å². The van der Waals surface area contributed by atoms with Crippen LogP contribution >= 0.6 is 0 Å². The van der Waals surface area contributed by atoms with Crippen LogP contribution in [0.3, 0.4) is 0 Å². The second-order valence-electron chi connectivity index (χ2n) is 9.50. The van der Waals surface area contributed by atoms with Crippen molar-refractivity contribution in [1.29, 1.82) is 0 Å². The van der Waals surface area contributed by atoms with Gasteiger partial charge in [-0.2, -0.15) is 0 Å². The lowest BCUT2D eigenvalue weighted by atomic mass is 9.80. The minimum atomic E-state index is -1.06. The quantitative estimate of drug-likeness (QED) is 0.181. The Bertz CT molecular complexity index is 3920. The number of rotatable bonds is 3. The molecule has 0 saturated carbocycles. The molecule has 0 aromatic heterocycles. The van der Waals surface area contributed by atoms with Crippen LogP contribution in [0.1, 0.15) is 38.4 Å². The van der Waals surface area contributed by atoms with E-state index in [1.54, 1.807) is 0 Å². The van der Waals surface area contributed by atoms with Crippen LogP contribution < -0.4 is 0 Å². The van der Waals surface area contributed by atoms with Crippen LogP contribution in [0.4, 0.5) is 0 Å². The lowest BCUT2D eigenvalue weighted by Gasteiger charge is -2.22. The van der Waals surface area contributed by atoms with Crippen LogP contribution in [0.5, 0.6) is 0 Å². The third kappa shape index (κ3) is 3.65. The number of hydrogen-bond donors (Lipinski definition) is 0. The SMILES string of the molecule is [2H]c1c([2H])c([2H])c(-c2c3c([2H])c([2H])c([2H])c([2H])c3c(-c3c4c([2H])c([2H])c([2H])c([2H])c4c(-c4c([2H])c([2H])c([2H])c5c([2H])c([2H])c([2H])c([2H])c45)c4c([2H])c([2H])c([2H])c([2H])c34)c3c([2H])c([2H])c([2H])c([2H])c23)c([2H])c1[2H]. The Morgan fingerprint density at radius 1 is 0.250 bits per heavy atom. The molecule has 44 heavy (non-hydrogen) atoms. The smallest absolute Gasteiger partial charge is 0.0622 e. The van der Waals surface area contributed by atoms with E-state index in [2.05, 4.69) is 0 Å². The van der Waals surface area contributed by atoms with Crippen LogP contribution in [0, 0.1) is 0 Å². The summed E-state index contributed by atoms with van der Waals surface area (Å²) in [5, 5.41) is -7.62. The molecule has 0 radical (unpaired) electrons. The van der Waals surface area contributed by atoms with Gasteiger partial charge >= 0.3 is 0 Å². The molecule has 0 unspecified atom stereocenters. The molecule has 9 aromatic carbocycles. The molecule has 0 aliphatic heterocycles. The molecule has 204 valence electrons. The van der Waals surface area contributed by atoms with E-state index < -0.39 is 256 Å². The molecule has 0 heterocycles. The molecule has 9 rings (SSSR count). The molecule has 0 bridgehead atoms. The Labute approximate surface area is 295 Å². The van der Waals surface area contributed by atoms with Crippen LogP contribution in [-0.4, -0.2) is 0 Å². The minimum absolute atomic E-state index is 0.656. The Kier molecular flexibility index (Phi) is 2.18. The fourth-order valence-corrected chi connectivity index (χ4v) is 5.62. The summed E-state index contributed by atoms with van der Waals surface area (Å²) in [6.45, 7) is 0. The second kappa shape index (κ2) is 9.93. The monoisotopic (exact) mass is 584 g/mol. The van der Waals surface area contributed by atoms with Crippen molar-refractivity contribution >= 4 is 53.9 Å². The van der Waals surface area contributed by atoms with Crippen molar-refractivity contribution in [2.45, 2.75) is 0 Å². The number of benzene rings is 9. The Hall–Kier alpha value is -5.72. The maximum atomic E-state index is 9.63. The van der Waals surface area contributed by atoms with Gasteiger partial charge in [0, 0.05) is 0 Å². The molecule has 0 saturated heterocycles. The molecule has 0 amide bonds. The van der Waals surface area contributed by atoms with Crippen LogP contribution in [0.2, 0.25) is 0 Å². The van der Waals surface area contributed by atoms with Gasteiger partial charge in [-0.15, -0.1) is 0 Å². The van der Waals surface area contributed by atoms with Gasteiger partial charge in [-0.3, -0.25) is 0 Å². The summed E-state index contributed by atoms with van der Waals surface area (Å²) >= 11 is 0. The molecule has 0 heteroatoms. The van der Waals surface area contributed by atoms with Crippen molar-refractivity contribution in [1.82, 2.24) is 0 Å². The van der Waals surface area contributed by atoms with Crippen LogP contribution in [0.25, 0.3) is 87.2 Å². The zero-order chi connectivity index (χ0) is 53.4. The lowest BCUT2D eigenvalue weighted by molar-refractivity contribution is 1.66. The average molecular weight is 585 g/mol. The molecule has 0 aliphatic rings. The fraction of sp³-hybridized carbons (Fsp3) is 0. The van der Waals surface area contributed by atoms with E-state index >= 15 is 0 Å². The van der Waals surface area contributed by atoms with E-state index in [-0.39, 0.29) is 0 Å². The molecule has 0 N–H and O–H groups in total. The van der Waals surface area contributed by atoms with E-state index in [0.717, 1.165) is 0 Å². The summed E-state index contributed by atoms with van der Waals surface area (Å²) in [5.74, 6) is 0. The third-order valence-corrected chi connectivity index (χ3v) is 7.31. The summed E-state index contributed by atoms with van der Waals surface area (Å²) in [6, 6.07) is -27.8. The van der Waals surface area contributed by atoms with Gasteiger partial charge in [0.05, 0.1) is 38.4 Å². The minimum Gasteiger partial charge on any atom is -0.0622 e. The summed E-state index contributed by atoms with van der Waals surface area (Å²) in [4.78, 5) is 0. The van der Waals surface area contributed by atoms with E-state index in [1.807, 2.05) is 0 Å². The van der Waals surface area contributed by atoms with Crippen molar-refractivity contribution in [2.75, 3.05) is 0 Å². The summed E-state index contributed by atoms with van der Waals surface area (Å²) in [7, 11) is 0. The summed E-state index contributed by atoms with van der Waals surface area (Å²) in [6.07, 6.45) is 0. The lowest BCUT2D eigenvalue weighted by Crippen LogP contribution is -1.94. The van der Waals surface area contributed by atoms with Gasteiger partial charge in [-0.1, -0.05) is 169 Å². The molecule has 9 aromatic rings. The maximum absolute atomic E-state index is 9.63. The Balaban J connectivity index is 1.78. The van der Waals surface area contributed by atoms with Gasteiger partial charge in [0.25, 0.3) is 0 Å². The second-order valence-corrected chi connectivity index (χ2v) is 9.50. The predicted molar refractivity (Wildman–Crippen MR) is 190 cm³/mol. The van der Waals surface area contributed by atoms with Gasteiger partial charge in [-0.25, -0.2) is 0 Å². The molecule has 0 atom stereocenters. The van der Waals surface area contributed by atoms with Crippen LogP contribution in [0.15, 0.2) is 169 Å². The van der Waals surface area contributed by atoms with Crippen molar-refractivity contribution in [2.24, 2.45) is 0 Å². The van der Waals surface area contributed by atoms with Gasteiger partial charge in [0.1, 0.15) is 0 Å². The van der Waals surface area contributed by atoms with Crippen molar-refractivity contribution in [3.8, 4) is 33.4 Å². The Morgan fingerprint density at radius 3 is 1.07 bits per heavy atom. The molecule has 0 spiro atoms. The first kappa shape index (κ1) is 9.64. The van der Waals surface area contributed by atoms with E-state index in [1.165, 1.54) is 0 Å². The first-order chi connectivity index (χ1) is 33.5. The maximum Gasteiger partial charge on any atom is 0.0629 e. The summed E-state index contributed by atoms with van der Waals surface area (Å²) < 4.78 is 253. The highest BCUT2D eigenvalue weighted by atomic mass is 14.2. The van der Waals surface area contributed by atoms with Gasteiger partial charge in [0.2, 0.25) is 0 Å². The highest BCUT2D eigenvalue weighted by Crippen LogP contribution is 2.50. The predicted octanol–water partition coefficient (Wildman–Crippen LogP) is 12.5. The molecular weight excluding hydrogens is 528 g/mol. The van der Waals surface area contributed by atoms with Crippen molar-refractivity contribution in [3.05, 3.63) is 169 Å². The summed E-state index contributed by atoms with van der Waals surface area (Å²) in [5.41, 5.74) is -4.61. The van der Waals surface area contributed by atoms with Gasteiger partial charge < -0.3 is 0 Å². The molecule has 0 fully saturated rings. The highest BCUT2D eigenvalue weighted by Gasteiger charge is 2.22. The molecule has 0 nitrogen and oxygen atoms in total. The first-order valence-electron chi connectivity index (χ1n) is 27.0. The standard InChI is InChI=1S/C44H28/c1-2-16-30(17-3-1)41-33-20-6-10-24-37(33)43(38-25-11-7-21-34(38)41)44-39-26-12-8-22-35(39)42(36-23-9-13-27-40(36)44)32-28-14-18-29-15-4-5-19-31(29)32/h1-28H/i1D,2D,3D,4D,5D,6D,7D,8D,9D,10D,11D,12D,13D,14D,15D,16D,17D,18D,19D,20D,21D,22D,23D,24D,25D,26D,27D,28D. The Morgan fingerprint density at radius 2 is 0.591 bits per heavy atom. The normalized spacial score (nSPS) is 20.5. The third-order valence-electron chi connectivity index (χ3n) is 7.31. The average Bonchev–Trinajstić information content (AvgIpc) is 3.35. The van der Waals surface area contributed by atoms with Crippen molar-refractivity contribution in [3.63, 3.8) is 0 Å². The molecule has 0 aliphatic carbocycles. The fourth-order valence-electron chi connectivity index (χ4n) is 5.62. The van der Waals surface area contributed by atoms with Crippen molar-refractivity contribution < 1.29 is 38.4 Å². The topological polar surface area (TPSA) is 0 Å². The van der Waals surface area contributed by atoms with Gasteiger partial charge in [0.15, 0.2) is 0 Å². The number of hydrogen-bond acceptors (Lipinski definition) is 0. The zero-order valence-corrected chi connectivity index (χ0v) is 22.0. The first-order valence-corrected chi connectivity index (χ1v) is 13.0.